The summed E-state index contributed by atoms with van der Waals surface area (Å²) in [5, 5.41) is 0. The van der Waals surface area contributed by atoms with E-state index in [2.05, 4.69) is 16.9 Å². The number of carbonyl (C=O) groups excluding carboxylic acids is 1. The van der Waals surface area contributed by atoms with E-state index < -0.39 is 5.97 Å². The fraction of sp³-hybridized carbons (Fsp3) is 0.292. The first-order valence-electron chi connectivity index (χ1n) is 9.97. The molecule has 1 heterocycles. The number of esters is 1. The van der Waals surface area contributed by atoms with Gasteiger partial charge in [-0.25, -0.2) is 14.8 Å². The van der Waals surface area contributed by atoms with E-state index in [1.807, 2.05) is 24.5 Å². The smallest absolute Gasteiger partial charge is 0.343 e. The van der Waals surface area contributed by atoms with E-state index in [1.165, 1.54) is 25.7 Å². The molecule has 0 bridgehead atoms. The van der Waals surface area contributed by atoms with Crippen LogP contribution in [0.5, 0.6) is 11.5 Å². The molecule has 0 radical (unpaired) electrons. The number of hydrogen-bond acceptors (Lipinski definition) is 5. The minimum absolute atomic E-state index is 0.413. The standard InChI is InChI=1S/C24H26N2O3/c1-3-4-5-6-7-18-16-25-23(26-17-18)19-8-14-22(15-9-19)29-24(27)20-10-12-21(28-2)13-11-20/h8-17H,3-7H2,1-2H3. The number of aromatic nitrogens is 2. The molecule has 0 saturated carbocycles. The van der Waals surface area contributed by atoms with Crippen LogP contribution < -0.4 is 9.47 Å². The van der Waals surface area contributed by atoms with Gasteiger partial charge in [-0.1, -0.05) is 26.2 Å². The molecule has 29 heavy (non-hydrogen) atoms. The van der Waals surface area contributed by atoms with Crippen molar-refractivity contribution in [2.75, 3.05) is 7.11 Å². The Labute approximate surface area is 171 Å². The van der Waals surface area contributed by atoms with Gasteiger partial charge in [-0.05, 0) is 66.9 Å². The number of hydrogen-bond donors (Lipinski definition) is 0. The highest BCUT2D eigenvalue weighted by Crippen LogP contribution is 2.21. The predicted molar refractivity (Wildman–Crippen MR) is 113 cm³/mol. The van der Waals surface area contributed by atoms with E-state index in [4.69, 9.17) is 9.47 Å². The number of nitrogens with zero attached hydrogens (tertiary/aromatic N) is 2. The Morgan fingerprint density at radius 1 is 0.862 bits per heavy atom. The summed E-state index contributed by atoms with van der Waals surface area (Å²) in [7, 11) is 1.58. The fourth-order valence-corrected chi connectivity index (χ4v) is 2.95. The van der Waals surface area contributed by atoms with Crippen molar-refractivity contribution < 1.29 is 14.3 Å². The average molecular weight is 390 g/mol. The molecule has 5 nitrogen and oxygen atoms in total. The van der Waals surface area contributed by atoms with Crippen LogP contribution in [0.1, 0.15) is 48.5 Å². The van der Waals surface area contributed by atoms with Crippen molar-refractivity contribution in [1.82, 2.24) is 9.97 Å². The van der Waals surface area contributed by atoms with Gasteiger partial charge in [0.05, 0.1) is 12.7 Å². The summed E-state index contributed by atoms with van der Waals surface area (Å²) in [6, 6.07) is 14.0. The zero-order chi connectivity index (χ0) is 20.5. The zero-order valence-electron chi connectivity index (χ0n) is 16.9. The maximum absolute atomic E-state index is 12.2. The van der Waals surface area contributed by atoms with Gasteiger partial charge in [0, 0.05) is 18.0 Å². The highest BCUT2D eigenvalue weighted by molar-refractivity contribution is 5.91. The Hall–Kier alpha value is -3.21. The molecular weight excluding hydrogens is 364 g/mol. The average Bonchev–Trinajstić information content (AvgIpc) is 2.78. The van der Waals surface area contributed by atoms with Crippen LogP contribution in [-0.2, 0) is 6.42 Å². The third kappa shape index (κ3) is 5.88. The van der Waals surface area contributed by atoms with Gasteiger partial charge >= 0.3 is 5.97 Å². The summed E-state index contributed by atoms with van der Waals surface area (Å²) >= 11 is 0. The lowest BCUT2D eigenvalue weighted by Crippen LogP contribution is -2.08. The van der Waals surface area contributed by atoms with Crippen LogP contribution >= 0.6 is 0 Å². The van der Waals surface area contributed by atoms with Crippen molar-refractivity contribution in [3.05, 3.63) is 72.1 Å². The SMILES string of the molecule is CCCCCCc1cnc(-c2ccc(OC(=O)c3ccc(OC)cc3)cc2)nc1. The molecule has 0 aliphatic rings. The molecule has 5 heteroatoms. The molecule has 3 rings (SSSR count). The van der Waals surface area contributed by atoms with Gasteiger partial charge in [0.2, 0.25) is 0 Å². The largest absolute Gasteiger partial charge is 0.497 e. The maximum atomic E-state index is 12.2. The van der Waals surface area contributed by atoms with Crippen LogP contribution in [0.3, 0.4) is 0 Å². The number of unbranched alkanes of at least 4 members (excludes halogenated alkanes) is 3. The molecule has 0 spiro atoms. The van der Waals surface area contributed by atoms with Gasteiger partial charge in [0.15, 0.2) is 5.82 Å². The van der Waals surface area contributed by atoms with E-state index in [9.17, 15) is 4.79 Å². The van der Waals surface area contributed by atoms with Crippen molar-refractivity contribution in [3.8, 4) is 22.9 Å². The van der Waals surface area contributed by atoms with Crippen molar-refractivity contribution >= 4 is 5.97 Å². The second-order valence-corrected chi connectivity index (χ2v) is 6.87. The fourth-order valence-electron chi connectivity index (χ4n) is 2.95. The minimum atomic E-state index is -0.413. The molecule has 0 amide bonds. The van der Waals surface area contributed by atoms with E-state index in [1.54, 1.807) is 43.5 Å². The summed E-state index contributed by atoms with van der Waals surface area (Å²) in [4.78, 5) is 21.2. The molecule has 0 aliphatic heterocycles. The third-order valence-corrected chi connectivity index (χ3v) is 4.67. The maximum Gasteiger partial charge on any atom is 0.343 e. The van der Waals surface area contributed by atoms with Gasteiger partial charge in [0.25, 0.3) is 0 Å². The normalized spacial score (nSPS) is 10.6. The molecule has 0 saturated heterocycles. The molecule has 0 aliphatic carbocycles. The number of methoxy groups -OCH3 is 1. The second kappa shape index (κ2) is 10.4. The lowest BCUT2D eigenvalue weighted by molar-refractivity contribution is 0.0734. The molecule has 0 N–H and O–H groups in total. The molecule has 0 unspecified atom stereocenters. The molecule has 1 aromatic heterocycles. The predicted octanol–water partition coefficient (Wildman–Crippen LogP) is 5.49. The number of rotatable bonds is 9. The second-order valence-electron chi connectivity index (χ2n) is 6.87. The molecular formula is C24H26N2O3. The van der Waals surface area contributed by atoms with Crippen LogP contribution in [0.15, 0.2) is 60.9 Å². The molecule has 0 fully saturated rings. The first-order valence-corrected chi connectivity index (χ1v) is 9.97. The van der Waals surface area contributed by atoms with Gasteiger partial charge in [0.1, 0.15) is 11.5 Å². The highest BCUT2D eigenvalue weighted by Gasteiger charge is 2.09. The summed E-state index contributed by atoms with van der Waals surface area (Å²) in [5.74, 6) is 1.42. The number of ether oxygens (including phenoxy) is 2. The highest BCUT2D eigenvalue weighted by atomic mass is 16.5. The lowest BCUT2D eigenvalue weighted by Gasteiger charge is -2.07. The van der Waals surface area contributed by atoms with Gasteiger partial charge in [-0.3, -0.25) is 0 Å². The Bertz CT molecular complexity index is 904. The summed E-state index contributed by atoms with van der Waals surface area (Å²) < 4.78 is 10.5. The summed E-state index contributed by atoms with van der Waals surface area (Å²) in [6.45, 7) is 2.21. The van der Waals surface area contributed by atoms with Crippen LogP contribution in [0.4, 0.5) is 0 Å². The van der Waals surface area contributed by atoms with Crippen LogP contribution in [0, 0.1) is 0 Å². The third-order valence-electron chi connectivity index (χ3n) is 4.67. The number of carbonyl (C=O) groups is 1. The van der Waals surface area contributed by atoms with E-state index in [0.717, 1.165) is 17.5 Å². The molecule has 3 aromatic rings. The quantitative estimate of drug-likeness (QED) is 0.274. The Kier molecular flexibility index (Phi) is 7.34. The summed E-state index contributed by atoms with van der Waals surface area (Å²) in [5.41, 5.74) is 2.51. The number of aryl methyl sites for hydroxylation is 1. The van der Waals surface area contributed by atoms with Gasteiger partial charge < -0.3 is 9.47 Å². The summed E-state index contributed by atoms with van der Waals surface area (Å²) in [6.07, 6.45) is 9.73. The van der Waals surface area contributed by atoms with Crippen molar-refractivity contribution in [3.63, 3.8) is 0 Å². The monoisotopic (exact) mass is 390 g/mol. The zero-order valence-corrected chi connectivity index (χ0v) is 16.9. The first-order chi connectivity index (χ1) is 14.2. The van der Waals surface area contributed by atoms with E-state index >= 15 is 0 Å². The molecule has 2 aromatic carbocycles. The molecule has 150 valence electrons. The molecule has 0 atom stereocenters. The van der Waals surface area contributed by atoms with Crippen LogP contribution in [-0.4, -0.2) is 23.0 Å². The Morgan fingerprint density at radius 3 is 2.14 bits per heavy atom. The number of benzene rings is 2. The van der Waals surface area contributed by atoms with Crippen molar-refractivity contribution in [2.45, 2.75) is 39.0 Å². The van der Waals surface area contributed by atoms with Crippen molar-refractivity contribution in [1.29, 1.82) is 0 Å². The van der Waals surface area contributed by atoms with Crippen LogP contribution in [0.25, 0.3) is 11.4 Å². The first kappa shape index (κ1) is 20.5. The lowest BCUT2D eigenvalue weighted by atomic mass is 10.1. The Balaban J connectivity index is 1.58. The van der Waals surface area contributed by atoms with Crippen LogP contribution in [0.2, 0.25) is 0 Å². The van der Waals surface area contributed by atoms with Gasteiger partial charge in [-0.15, -0.1) is 0 Å². The van der Waals surface area contributed by atoms with Gasteiger partial charge in [-0.2, -0.15) is 0 Å². The van der Waals surface area contributed by atoms with Crippen molar-refractivity contribution in [2.24, 2.45) is 0 Å². The Morgan fingerprint density at radius 2 is 1.52 bits per heavy atom. The topological polar surface area (TPSA) is 61.3 Å². The van der Waals surface area contributed by atoms with E-state index in [-0.39, 0.29) is 0 Å². The minimum Gasteiger partial charge on any atom is -0.497 e. The van der Waals surface area contributed by atoms with E-state index in [0.29, 0.717) is 22.9 Å².